The van der Waals surface area contributed by atoms with Crippen molar-refractivity contribution in [2.75, 3.05) is 17.6 Å². The molecule has 0 radical (unpaired) electrons. The number of ether oxygens (including phenoxy) is 1. The third-order valence-corrected chi connectivity index (χ3v) is 4.30. The SMILES string of the molecule is CC1(C(=O)NC2=NCCS2)Oc2ccc(Cl)cc2NC1=O. The van der Waals surface area contributed by atoms with Gasteiger partial charge in [0.05, 0.1) is 12.2 Å². The van der Waals surface area contributed by atoms with Gasteiger partial charge in [-0.2, -0.15) is 0 Å². The van der Waals surface area contributed by atoms with E-state index in [2.05, 4.69) is 15.6 Å². The van der Waals surface area contributed by atoms with Gasteiger partial charge in [-0.05, 0) is 25.1 Å². The summed E-state index contributed by atoms with van der Waals surface area (Å²) in [5.74, 6) is 0.130. The molecule has 0 aromatic heterocycles. The first-order valence-electron chi connectivity index (χ1n) is 6.28. The van der Waals surface area contributed by atoms with E-state index in [9.17, 15) is 9.59 Å². The van der Waals surface area contributed by atoms with Crippen molar-refractivity contribution in [3.8, 4) is 5.75 Å². The highest BCUT2D eigenvalue weighted by Gasteiger charge is 2.47. The van der Waals surface area contributed by atoms with E-state index in [-0.39, 0.29) is 0 Å². The Morgan fingerprint density at radius 2 is 2.38 bits per heavy atom. The lowest BCUT2D eigenvalue weighted by Gasteiger charge is -2.33. The average molecular weight is 326 g/mol. The van der Waals surface area contributed by atoms with Crippen molar-refractivity contribution in [1.29, 1.82) is 0 Å². The molecule has 3 rings (SSSR count). The monoisotopic (exact) mass is 325 g/mol. The van der Waals surface area contributed by atoms with Crippen LogP contribution in [0.4, 0.5) is 5.69 Å². The number of halogens is 1. The fourth-order valence-corrected chi connectivity index (χ4v) is 2.87. The van der Waals surface area contributed by atoms with E-state index in [0.29, 0.717) is 28.2 Å². The summed E-state index contributed by atoms with van der Waals surface area (Å²) in [6.07, 6.45) is 0. The second-order valence-corrected chi connectivity index (χ2v) is 6.24. The van der Waals surface area contributed by atoms with Gasteiger partial charge in [-0.1, -0.05) is 23.4 Å². The number of nitrogens with zero attached hydrogens (tertiary/aromatic N) is 1. The van der Waals surface area contributed by atoms with Crippen LogP contribution >= 0.6 is 23.4 Å². The first-order chi connectivity index (χ1) is 9.99. The van der Waals surface area contributed by atoms with Crippen LogP contribution in [-0.2, 0) is 9.59 Å². The van der Waals surface area contributed by atoms with Crippen molar-refractivity contribution in [1.82, 2.24) is 5.32 Å². The molecule has 0 spiro atoms. The number of aliphatic imine (C=N–C) groups is 1. The Morgan fingerprint density at radius 1 is 1.57 bits per heavy atom. The first kappa shape index (κ1) is 14.2. The molecule has 0 fully saturated rings. The van der Waals surface area contributed by atoms with Crippen LogP contribution in [0.3, 0.4) is 0 Å². The number of rotatable bonds is 1. The molecule has 0 saturated carbocycles. The highest BCUT2D eigenvalue weighted by atomic mass is 35.5. The van der Waals surface area contributed by atoms with E-state index in [1.165, 1.54) is 18.7 Å². The average Bonchev–Trinajstić information content (AvgIpc) is 2.93. The third-order valence-electron chi connectivity index (χ3n) is 3.18. The molecule has 8 heteroatoms. The summed E-state index contributed by atoms with van der Waals surface area (Å²) in [4.78, 5) is 28.7. The second kappa shape index (κ2) is 5.23. The summed E-state index contributed by atoms with van der Waals surface area (Å²) < 4.78 is 5.61. The van der Waals surface area contributed by atoms with Crippen LogP contribution in [0.2, 0.25) is 5.02 Å². The molecule has 1 aromatic rings. The Bertz CT molecular complexity index is 664. The molecule has 1 atom stereocenters. The standard InChI is InChI=1S/C13H12ClN3O3S/c1-13(11(19)17-12-15-4-5-21-12)10(18)16-8-6-7(14)2-3-9(8)20-13/h2-3,6H,4-5H2,1H3,(H,16,18)(H,15,17,19). The van der Waals surface area contributed by atoms with Crippen molar-refractivity contribution >= 4 is 46.0 Å². The molecule has 0 saturated heterocycles. The van der Waals surface area contributed by atoms with Gasteiger partial charge in [0, 0.05) is 10.8 Å². The number of amides is 2. The van der Waals surface area contributed by atoms with Gasteiger partial charge in [-0.3, -0.25) is 14.6 Å². The van der Waals surface area contributed by atoms with Gasteiger partial charge in [-0.15, -0.1) is 0 Å². The zero-order valence-electron chi connectivity index (χ0n) is 11.1. The lowest BCUT2D eigenvalue weighted by atomic mass is 10.0. The number of hydrogen-bond donors (Lipinski definition) is 2. The van der Waals surface area contributed by atoms with Crippen molar-refractivity contribution in [3.05, 3.63) is 23.2 Å². The van der Waals surface area contributed by atoms with E-state index in [4.69, 9.17) is 16.3 Å². The van der Waals surface area contributed by atoms with Gasteiger partial charge in [0.1, 0.15) is 5.75 Å². The highest BCUT2D eigenvalue weighted by molar-refractivity contribution is 8.14. The Kier molecular flexibility index (Phi) is 3.54. The number of thioether (sulfide) groups is 1. The fourth-order valence-electron chi connectivity index (χ4n) is 1.97. The maximum Gasteiger partial charge on any atom is 0.279 e. The second-order valence-electron chi connectivity index (χ2n) is 4.72. The minimum Gasteiger partial charge on any atom is -0.466 e. The van der Waals surface area contributed by atoms with Crippen LogP contribution in [0.25, 0.3) is 0 Å². The predicted molar refractivity (Wildman–Crippen MR) is 82.0 cm³/mol. The van der Waals surface area contributed by atoms with Crippen molar-refractivity contribution in [2.45, 2.75) is 12.5 Å². The summed E-state index contributed by atoms with van der Waals surface area (Å²) in [5.41, 5.74) is -1.20. The maximum atomic E-state index is 12.3. The number of hydrogen-bond acceptors (Lipinski definition) is 5. The fraction of sp³-hybridized carbons (Fsp3) is 0.308. The smallest absolute Gasteiger partial charge is 0.279 e. The minimum absolute atomic E-state index is 0.401. The van der Waals surface area contributed by atoms with Crippen LogP contribution in [0.5, 0.6) is 5.75 Å². The quantitative estimate of drug-likeness (QED) is 0.769. The normalized spacial score (nSPS) is 23.7. The number of carbonyl (C=O) groups excluding carboxylic acids is 2. The molecular weight excluding hydrogens is 314 g/mol. The number of benzene rings is 1. The molecule has 0 bridgehead atoms. The van der Waals surface area contributed by atoms with E-state index in [1.54, 1.807) is 18.2 Å². The Morgan fingerprint density at radius 3 is 3.10 bits per heavy atom. The van der Waals surface area contributed by atoms with Crippen molar-refractivity contribution in [3.63, 3.8) is 0 Å². The molecule has 1 unspecified atom stereocenters. The Labute approximate surface area is 130 Å². The topological polar surface area (TPSA) is 79.8 Å². The minimum atomic E-state index is -1.65. The molecular formula is C13H12ClN3O3S. The zero-order chi connectivity index (χ0) is 15.0. The summed E-state index contributed by atoms with van der Waals surface area (Å²) >= 11 is 7.30. The van der Waals surface area contributed by atoms with Gasteiger partial charge >= 0.3 is 0 Å². The molecule has 2 aliphatic rings. The van der Waals surface area contributed by atoms with Gasteiger partial charge < -0.3 is 15.4 Å². The molecule has 2 heterocycles. The van der Waals surface area contributed by atoms with Crippen molar-refractivity contribution in [2.24, 2.45) is 4.99 Å². The van der Waals surface area contributed by atoms with Gasteiger partial charge in [0.25, 0.3) is 17.4 Å². The molecule has 21 heavy (non-hydrogen) atoms. The summed E-state index contributed by atoms with van der Waals surface area (Å²) in [7, 11) is 0. The number of carbonyl (C=O) groups is 2. The van der Waals surface area contributed by atoms with E-state index < -0.39 is 17.4 Å². The van der Waals surface area contributed by atoms with Crippen LogP contribution in [-0.4, -0.2) is 34.9 Å². The van der Waals surface area contributed by atoms with Crippen molar-refractivity contribution < 1.29 is 14.3 Å². The first-order valence-corrected chi connectivity index (χ1v) is 7.64. The number of fused-ring (bicyclic) bond motifs is 1. The van der Waals surface area contributed by atoms with Crippen LogP contribution in [0.15, 0.2) is 23.2 Å². The lowest BCUT2D eigenvalue weighted by molar-refractivity contribution is -0.145. The molecule has 6 nitrogen and oxygen atoms in total. The van der Waals surface area contributed by atoms with E-state index >= 15 is 0 Å². The predicted octanol–water partition coefficient (Wildman–Crippen LogP) is 1.65. The number of amidine groups is 1. The lowest BCUT2D eigenvalue weighted by Crippen LogP contribution is -2.59. The molecule has 2 aliphatic heterocycles. The van der Waals surface area contributed by atoms with Gasteiger partial charge in [-0.25, -0.2) is 0 Å². The number of nitrogens with one attached hydrogen (secondary N) is 2. The highest BCUT2D eigenvalue weighted by Crippen LogP contribution is 2.35. The zero-order valence-corrected chi connectivity index (χ0v) is 12.7. The van der Waals surface area contributed by atoms with Gasteiger partial charge in [0.15, 0.2) is 5.17 Å². The maximum absolute atomic E-state index is 12.3. The number of anilines is 1. The van der Waals surface area contributed by atoms with Crippen LogP contribution < -0.4 is 15.4 Å². The van der Waals surface area contributed by atoms with Crippen LogP contribution in [0, 0.1) is 0 Å². The van der Waals surface area contributed by atoms with Gasteiger partial charge in [0.2, 0.25) is 0 Å². The molecule has 2 N–H and O–H groups in total. The van der Waals surface area contributed by atoms with E-state index in [1.807, 2.05) is 0 Å². The van der Waals surface area contributed by atoms with E-state index in [0.717, 1.165) is 5.75 Å². The molecule has 2 amide bonds. The Hall–Kier alpha value is -1.73. The largest absolute Gasteiger partial charge is 0.466 e. The molecule has 0 aliphatic carbocycles. The Balaban J connectivity index is 1.85. The third kappa shape index (κ3) is 2.58. The summed E-state index contributed by atoms with van der Waals surface area (Å²) in [6, 6.07) is 4.82. The van der Waals surface area contributed by atoms with Crippen LogP contribution in [0.1, 0.15) is 6.92 Å². The summed E-state index contributed by atoms with van der Waals surface area (Å²) in [6.45, 7) is 2.08. The molecule has 110 valence electrons. The molecule has 1 aromatic carbocycles. The summed E-state index contributed by atoms with van der Waals surface area (Å²) in [5, 5.41) is 6.25.